The van der Waals surface area contributed by atoms with Gasteiger partial charge in [0, 0.05) is 26.0 Å². The van der Waals surface area contributed by atoms with Crippen LogP contribution in [0.2, 0.25) is 0 Å². The van der Waals surface area contributed by atoms with Crippen LogP contribution in [0.3, 0.4) is 0 Å². The molecule has 60 valence electrons. The third-order valence-corrected chi connectivity index (χ3v) is 1.27. The molecule has 0 aliphatic rings. The van der Waals surface area contributed by atoms with Crippen LogP contribution in [0.4, 0.5) is 0 Å². The first kappa shape index (κ1) is 7.85. The van der Waals surface area contributed by atoms with Crippen molar-refractivity contribution in [3.63, 3.8) is 0 Å². The van der Waals surface area contributed by atoms with Crippen molar-refractivity contribution in [2.24, 2.45) is 0 Å². The minimum Gasteiger partial charge on any atom is -0.383 e. The monoisotopic (exact) mass is 151 g/mol. The van der Waals surface area contributed by atoms with Gasteiger partial charge < -0.3 is 4.90 Å². The molecule has 0 bridgehead atoms. The van der Waals surface area contributed by atoms with E-state index in [2.05, 4.69) is 10.2 Å². The summed E-state index contributed by atoms with van der Waals surface area (Å²) >= 11 is 0. The van der Waals surface area contributed by atoms with Gasteiger partial charge in [-0.2, -0.15) is 5.10 Å². The molecular weight excluding hydrogens is 138 g/mol. The molecule has 1 heterocycles. The first-order valence-corrected chi connectivity index (χ1v) is 3.55. The molecule has 0 fully saturated rings. The predicted octanol–water partition coefficient (Wildman–Crippen LogP) is 1.25. The third kappa shape index (κ3) is 2.45. The van der Waals surface area contributed by atoms with Crippen LogP contribution in [0.25, 0.3) is 6.08 Å². The first-order valence-electron chi connectivity index (χ1n) is 3.55. The molecule has 0 amide bonds. The van der Waals surface area contributed by atoms with Gasteiger partial charge in [0.15, 0.2) is 0 Å². The van der Waals surface area contributed by atoms with Crippen LogP contribution in [-0.2, 0) is 0 Å². The number of H-pyrrole nitrogens is 1. The highest BCUT2D eigenvalue weighted by atomic mass is 15.1. The predicted molar refractivity (Wildman–Crippen MR) is 46.0 cm³/mol. The average molecular weight is 151 g/mol. The lowest BCUT2D eigenvalue weighted by Gasteiger charge is -2.01. The SMILES string of the molecule is Cc1cc(/C=C/N(C)C)n[nH]1. The molecule has 0 aliphatic heterocycles. The molecule has 1 aromatic heterocycles. The lowest BCUT2D eigenvalue weighted by Crippen LogP contribution is -1.99. The zero-order valence-corrected chi connectivity index (χ0v) is 7.13. The van der Waals surface area contributed by atoms with Crippen molar-refractivity contribution in [3.8, 4) is 0 Å². The van der Waals surface area contributed by atoms with Crippen molar-refractivity contribution >= 4 is 6.08 Å². The van der Waals surface area contributed by atoms with E-state index in [4.69, 9.17) is 0 Å². The van der Waals surface area contributed by atoms with Crippen molar-refractivity contribution in [3.05, 3.63) is 23.7 Å². The smallest absolute Gasteiger partial charge is 0.0865 e. The van der Waals surface area contributed by atoms with Gasteiger partial charge in [0.1, 0.15) is 0 Å². The van der Waals surface area contributed by atoms with Crippen LogP contribution in [0.1, 0.15) is 11.4 Å². The molecule has 0 aromatic carbocycles. The fraction of sp³-hybridized carbons (Fsp3) is 0.375. The molecule has 1 aromatic rings. The van der Waals surface area contributed by atoms with Crippen molar-refractivity contribution in [1.82, 2.24) is 15.1 Å². The summed E-state index contributed by atoms with van der Waals surface area (Å²) in [7, 11) is 3.96. The summed E-state index contributed by atoms with van der Waals surface area (Å²) in [5.74, 6) is 0. The maximum absolute atomic E-state index is 4.05. The second kappa shape index (κ2) is 3.23. The zero-order chi connectivity index (χ0) is 8.27. The van der Waals surface area contributed by atoms with Crippen LogP contribution in [0.15, 0.2) is 12.3 Å². The lowest BCUT2D eigenvalue weighted by molar-refractivity contribution is 0.567. The van der Waals surface area contributed by atoms with Crippen LogP contribution >= 0.6 is 0 Å². The van der Waals surface area contributed by atoms with Crippen LogP contribution in [0.5, 0.6) is 0 Å². The van der Waals surface area contributed by atoms with Crippen molar-refractivity contribution < 1.29 is 0 Å². The Kier molecular flexibility index (Phi) is 2.31. The Hall–Kier alpha value is -1.25. The number of nitrogens with zero attached hydrogens (tertiary/aromatic N) is 2. The van der Waals surface area contributed by atoms with E-state index in [0.29, 0.717) is 0 Å². The van der Waals surface area contributed by atoms with Gasteiger partial charge in [0.05, 0.1) is 5.69 Å². The fourth-order valence-electron chi connectivity index (χ4n) is 0.750. The van der Waals surface area contributed by atoms with Gasteiger partial charge in [0.2, 0.25) is 0 Å². The molecular formula is C8H13N3. The number of aromatic amines is 1. The van der Waals surface area contributed by atoms with Gasteiger partial charge >= 0.3 is 0 Å². The zero-order valence-electron chi connectivity index (χ0n) is 7.13. The quantitative estimate of drug-likeness (QED) is 0.689. The summed E-state index contributed by atoms with van der Waals surface area (Å²) in [6.07, 6.45) is 3.93. The summed E-state index contributed by atoms with van der Waals surface area (Å²) in [6.45, 7) is 1.99. The van der Waals surface area contributed by atoms with E-state index >= 15 is 0 Å². The Morgan fingerprint density at radius 1 is 1.55 bits per heavy atom. The molecule has 3 nitrogen and oxygen atoms in total. The van der Waals surface area contributed by atoms with Crippen molar-refractivity contribution in [2.75, 3.05) is 14.1 Å². The molecule has 0 saturated carbocycles. The number of rotatable bonds is 2. The maximum Gasteiger partial charge on any atom is 0.0865 e. The summed E-state index contributed by atoms with van der Waals surface area (Å²) in [5.41, 5.74) is 2.06. The second-order valence-corrected chi connectivity index (χ2v) is 2.76. The van der Waals surface area contributed by atoms with E-state index in [9.17, 15) is 0 Å². The van der Waals surface area contributed by atoms with Crippen molar-refractivity contribution in [2.45, 2.75) is 6.92 Å². The Labute approximate surface area is 66.7 Å². The van der Waals surface area contributed by atoms with E-state index in [1.807, 2.05) is 44.3 Å². The summed E-state index contributed by atoms with van der Waals surface area (Å²) in [5, 5.41) is 6.92. The summed E-state index contributed by atoms with van der Waals surface area (Å²) in [6, 6.07) is 2.00. The van der Waals surface area contributed by atoms with Gasteiger partial charge in [0.25, 0.3) is 0 Å². The molecule has 3 heteroatoms. The van der Waals surface area contributed by atoms with Crippen LogP contribution in [-0.4, -0.2) is 29.2 Å². The third-order valence-electron chi connectivity index (χ3n) is 1.27. The molecule has 0 radical (unpaired) electrons. The number of hydrogen-bond acceptors (Lipinski definition) is 2. The van der Waals surface area contributed by atoms with E-state index in [1.165, 1.54) is 0 Å². The Bertz CT molecular complexity index is 248. The summed E-state index contributed by atoms with van der Waals surface area (Å²) in [4.78, 5) is 1.98. The van der Waals surface area contributed by atoms with Gasteiger partial charge in [-0.25, -0.2) is 0 Å². The lowest BCUT2D eigenvalue weighted by atomic mass is 10.4. The molecule has 1 rings (SSSR count). The van der Waals surface area contributed by atoms with E-state index in [0.717, 1.165) is 11.4 Å². The highest BCUT2D eigenvalue weighted by molar-refractivity contribution is 5.43. The average Bonchev–Trinajstić information content (AvgIpc) is 2.31. The summed E-state index contributed by atoms with van der Waals surface area (Å²) < 4.78 is 0. The van der Waals surface area contributed by atoms with E-state index in [1.54, 1.807) is 0 Å². The highest BCUT2D eigenvalue weighted by Crippen LogP contribution is 1.99. The highest BCUT2D eigenvalue weighted by Gasteiger charge is 1.90. The molecule has 0 aliphatic carbocycles. The van der Waals surface area contributed by atoms with Crippen LogP contribution in [0, 0.1) is 6.92 Å². The first-order chi connectivity index (χ1) is 5.18. The molecule has 0 atom stereocenters. The molecule has 0 saturated heterocycles. The number of aromatic nitrogens is 2. The Balaban J connectivity index is 2.64. The fourth-order valence-corrected chi connectivity index (χ4v) is 0.750. The van der Waals surface area contributed by atoms with Gasteiger partial charge in [-0.15, -0.1) is 0 Å². The second-order valence-electron chi connectivity index (χ2n) is 2.76. The number of hydrogen-bond donors (Lipinski definition) is 1. The standard InChI is InChI=1S/C8H13N3/c1-7-6-8(10-9-7)4-5-11(2)3/h4-6H,1-3H3,(H,9,10)/b5-4+. The maximum atomic E-state index is 4.05. The van der Waals surface area contributed by atoms with Gasteiger partial charge in [-0.1, -0.05) is 0 Å². The number of nitrogens with one attached hydrogen (secondary N) is 1. The molecule has 1 N–H and O–H groups in total. The van der Waals surface area contributed by atoms with E-state index < -0.39 is 0 Å². The van der Waals surface area contributed by atoms with Gasteiger partial charge in [-0.05, 0) is 19.1 Å². The molecule has 0 spiro atoms. The largest absolute Gasteiger partial charge is 0.383 e. The Morgan fingerprint density at radius 3 is 2.73 bits per heavy atom. The Morgan fingerprint density at radius 2 is 2.27 bits per heavy atom. The normalized spacial score (nSPS) is 10.8. The minimum atomic E-state index is 0.969. The number of aryl methyl sites for hydroxylation is 1. The van der Waals surface area contributed by atoms with E-state index in [-0.39, 0.29) is 0 Å². The van der Waals surface area contributed by atoms with Crippen molar-refractivity contribution in [1.29, 1.82) is 0 Å². The molecule has 0 unspecified atom stereocenters. The topological polar surface area (TPSA) is 31.9 Å². The van der Waals surface area contributed by atoms with Crippen LogP contribution < -0.4 is 0 Å². The molecule has 11 heavy (non-hydrogen) atoms. The minimum absolute atomic E-state index is 0.969. The van der Waals surface area contributed by atoms with Gasteiger partial charge in [-0.3, -0.25) is 5.10 Å².